The topological polar surface area (TPSA) is 32.5 Å². The Morgan fingerprint density at radius 1 is 1.14 bits per heavy atom. The molecule has 1 aliphatic rings. The van der Waals surface area contributed by atoms with Gasteiger partial charge in [-0.05, 0) is 37.5 Å². The Kier molecular flexibility index (Phi) is 6.68. The Balaban J connectivity index is 1.73. The molecule has 4 heteroatoms. The van der Waals surface area contributed by atoms with E-state index in [1.54, 1.807) is 0 Å². The summed E-state index contributed by atoms with van der Waals surface area (Å²) in [4.78, 5) is 5.16. The zero-order chi connectivity index (χ0) is 15.2. The summed E-state index contributed by atoms with van der Waals surface area (Å²) < 4.78 is 1.11. The van der Waals surface area contributed by atoms with Crippen LogP contribution in [0, 0.1) is 0 Å². The highest BCUT2D eigenvalue weighted by Gasteiger charge is 2.20. The van der Waals surface area contributed by atoms with Crippen LogP contribution in [-0.4, -0.2) is 48.6 Å². The van der Waals surface area contributed by atoms with Crippen molar-refractivity contribution in [3.8, 4) is 0 Å². The van der Waals surface area contributed by atoms with Crippen LogP contribution in [-0.2, 0) is 0 Å². The van der Waals surface area contributed by atoms with E-state index in [0.29, 0.717) is 0 Å². The van der Waals surface area contributed by atoms with Crippen molar-refractivity contribution in [1.29, 1.82) is 0 Å². The van der Waals surface area contributed by atoms with Crippen LogP contribution in [0.3, 0.4) is 0 Å². The molecule has 3 nitrogen and oxygen atoms in total. The van der Waals surface area contributed by atoms with Crippen molar-refractivity contribution in [2.75, 3.05) is 32.7 Å². The van der Waals surface area contributed by atoms with E-state index in [1.807, 2.05) is 0 Å². The SMILES string of the molecule is CCC(C)N1CCN(CCC(N)c2ccc(Br)cc2)CC1. The highest BCUT2D eigenvalue weighted by molar-refractivity contribution is 9.10. The molecule has 1 saturated heterocycles. The molecule has 0 radical (unpaired) electrons. The second kappa shape index (κ2) is 8.28. The highest BCUT2D eigenvalue weighted by atomic mass is 79.9. The molecule has 2 atom stereocenters. The molecule has 2 N–H and O–H groups in total. The van der Waals surface area contributed by atoms with E-state index in [1.165, 1.54) is 38.2 Å². The van der Waals surface area contributed by atoms with Crippen molar-refractivity contribution in [3.05, 3.63) is 34.3 Å². The largest absolute Gasteiger partial charge is 0.324 e. The molecule has 0 amide bonds. The van der Waals surface area contributed by atoms with Gasteiger partial charge in [-0.3, -0.25) is 4.90 Å². The summed E-state index contributed by atoms with van der Waals surface area (Å²) >= 11 is 3.47. The minimum absolute atomic E-state index is 0.144. The third-order valence-corrected chi connectivity index (χ3v) is 5.20. The molecule has 0 aromatic heterocycles. The Morgan fingerprint density at radius 3 is 2.33 bits per heavy atom. The molecule has 1 heterocycles. The first-order chi connectivity index (χ1) is 10.1. The number of hydrogen-bond acceptors (Lipinski definition) is 3. The molecule has 0 aliphatic carbocycles. The van der Waals surface area contributed by atoms with Gasteiger partial charge in [0.15, 0.2) is 0 Å². The predicted octanol–water partition coefficient (Wildman–Crippen LogP) is 3.26. The first-order valence-corrected chi connectivity index (χ1v) is 8.87. The minimum Gasteiger partial charge on any atom is -0.324 e. The van der Waals surface area contributed by atoms with Crippen molar-refractivity contribution < 1.29 is 0 Å². The van der Waals surface area contributed by atoms with Crippen LogP contribution < -0.4 is 5.73 Å². The standard InChI is InChI=1S/C17H28BrN3/c1-3-14(2)21-12-10-20(11-13-21)9-8-17(19)15-4-6-16(18)7-5-15/h4-7,14,17H,3,8-13,19H2,1-2H3. The lowest BCUT2D eigenvalue weighted by Gasteiger charge is -2.38. The number of halogens is 1. The summed E-state index contributed by atoms with van der Waals surface area (Å²) in [6.07, 6.45) is 2.28. The van der Waals surface area contributed by atoms with Crippen molar-refractivity contribution in [2.45, 2.75) is 38.8 Å². The molecule has 0 saturated carbocycles. The lowest BCUT2D eigenvalue weighted by atomic mass is 10.0. The molecule has 0 bridgehead atoms. The van der Waals surface area contributed by atoms with Gasteiger partial charge in [0.25, 0.3) is 0 Å². The molecule has 21 heavy (non-hydrogen) atoms. The van der Waals surface area contributed by atoms with E-state index >= 15 is 0 Å². The molecule has 1 aromatic rings. The van der Waals surface area contributed by atoms with Crippen LogP contribution in [0.2, 0.25) is 0 Å². The number of rotatable bonds is 6. The van der Waals surface area contributed by atoms with Gasteiger partial charge in [0, 0.05) is 49.3 Å². The number of piperazine rings is 1. The highest BCUT2D eigenvalue weighted by Crippen LogP contribution is 2.18. The average molecular weight is 354 g/mol. The maximum Gasteiger partial charge on any atom is 0.0307 e. The van der Waals surface area contributed by atoms with Crippen molar-refractivity contribution in [1.82, 2.24) is 9.80 Å². The number of nitrogens with two attached hydrogens (primary N) is 1. The normalized spacial score (nSPS) is 20.4. The van der Waals surface area contributed by atoms with Gasteiger partial charge < -0.3 is 10.6 Å². The van der Waals surface area contributed by atoms with Gasteiger partial charge in [0.05, 0.1) is 0 Å². The summed E-state index contributed by atoms with van der Waals surface area (Å²) in [5, 5.41) is 0. The Labute approximate surface area is 137 Å². The van der Waals surface area contributed by atoms with Crippen LogP contribution in [0.4, 0.5) is 0 Å². The molecule has 1 aliphatic heterocycles. The lowest BCUT2D eigenvalue weighted by Crippen LogP contribution is -2.49. The van der Waals surface area contributed by atoms with Gasteiger partial charge in [-0.1, -0.05) is 35.0 Å². The van der Waals surface area contributed by atoms with Crippen LogP contribution >= 0.6 is 15.9 Å². The predicted molar refractivity (Wildman–Crippen MR) is 93.5 cm³/mol. The maximum atomic E-state index is 6.31. The van der Waals surface area contributed by atoms with E-state index in [9.17, 15) is 0 Å². The molecule has 2 rings (SSSR count). The van der Waals surface area contributed by atoms with Crippen LogP contribution in [0.5, 0.6) is 0 Å². The molecule has 0 spiro atoms. The number of benzene rings is 1. The fourth-order valence-corrected chi connectivity index (χ4v) is 3.15. The van der Waals surface area contributed by atoms with Gasteiger partial charge in [-0.15, -0.1) is 0 Å². The first-order valence-electron chi connectivity index (χ1n) is 8.07. The molecular weight excluding hydrogens is 326 g/mol. The Bertz CT molecular complexity index is 413. The minimum atomic E-state index is 0.144. The fourth-order valence-electron chi connectivity index (χ4n) is 2.88. The molecule has 1 aromatic carbocycles. The second-order valence-corrected chi connectivity index (χ2v) is 7.00. The van der Waals surface area contributed by atoms with Crippen LogP contribution in [0.15, 0.2) is 28.7 Å². The Morgan fingerprint density at radius 2 is 1.76 bits per heavy atom. The van der Waals surface area contributed by atoms with Crippen LogP contribution in [0.1, 0.15) is 38.3 Å². The third kappa shape index (κ3) is 5.06. The molecule has 2 unspecified atom stereocenters. The van der Waals surface area contributed by atoms with E-state index < -0.39 is 0 Å². The van der Waals surface area contributed by atoms with E-state index in [2.05, 4.69) is 63.8 Å². The smallest absolute Gasteiger partial charge is 0.0307 e. The Hall–Kier alpha value is -0.420. The second-order valence-electron chi connectivity index (χ2n) is 6.08. The quantitative estimate of drug-likeness (QED) is 0.851. The molecular formula is C17H28BrN3. The van der Waals surface area contributed by atoms with Crippen LogP contribution in [0.25, 0.3) is 0 Å². The first kappa shape index (κ1) is 16.9. The summed E-state index contributed by atoms with van der Waals surface area (Å²) in [5.41, 5.74) is 7.54. The van der Waals surface area contributed by atoms with Gasteiger partial charge >= 0.3 is 0 Å². The monoisotopic (exact) mass is 353 g/mol. The van der Waals surface area contributed by atoms with Crippen molar-refractivity contribution >= 4 is 15.9 Å². The van der Waals surface area contributed by atoms with E-state index in [4.69, 9.17) is 5.73 Å². The van der Waals surface area contributed by atoms with Gasteiger partial charge in [-0.25, -0.2) is 0 Å². The van der Waals surface area contributed by atoms with Crippen molar-refractivity contribution in [3.63, 3.8) is 0 Å². The molecule has 1 fully saturated rings. The number of nitrogens with zero attached hydrogens (tertiary/aromatic N) is 2. The summed E-state index contributed by atoms with van der Waals surface area (Å²) in [5.74, 6) is 0. The third-order valence-electron chi connectivity index (χ3n) is 4.68. The lowest BCUT2D eigenvalue weighted by molar-refractivity contribution is 0.0987. The van der Waals surface area contributed by atoms with Gasteiger partial charge in [-0.2, -0.15) is 0 Å². The fraction of sp³-hybridized carbons (Fsp3) is 0.647. The van der Waals surface area contributed by atoms with Crippen molar-refractivity contribution in [2.24, 2.45) is 5.73 Å². The zero-order valence-corrected chi connectivity index (χ0v) is 14.8. The zero-order valence-electron chi connectivity index (χ0n) is 13.3. The van der Waals surface area contributed by atoms with E-state index in [-0.39, 0.29) is 6.04 Å². The summed E-state index contributed by atoms with van der Waals surface area (Å²) in [6, 6.07) is 9.24. The van der Waals surface area contributed by atoms with Gasteiger partial charge in [0.2, 0.25) is 0 Å². The van der Waals surface area contributed by atoms with E-state index in [0.717, 1.165) is 23.5 Å². The average Bonchev–Trinajstić information content (AvgIpc) is 2.53. The number of hydrogen-bond donors (Lipinski definition) is 1. The summed E-state index contributed by atoms with van der Waals surface area (Å²) in [6.45, 7) is 10.5. The maximum absolute atomic E-state index is 6.31. The molecule has 118 valence electrons. The summed E-state index contributed by atoms with van der Waals surface area (Å²) in [7, 11) is 0. The van der Waals surface area contributed by atoms with Gasteiger partial charge in [0.1, 0.15) is 0 Å².